The molecular formula is C20H26O3. The molecule has 3 nitrogen and oxygen atoms in total. The Balaban J connectivity index is 1.74. The minimum atomic E-state index is -0.250. The lowest BCUT2D eigenvalue weighted by Crippen LogP contribution is -2.38. The van der Waals surface area contributed by atoms with Crippen molar-refractivity contribution in [3.63, 3.8) is 0 Å². The van der Waals surface area contributed by atoms with E-state index in [1.54, 1.807) is 6.92 Å². The molecule has 1 aliphatic heterocycles. The number of rotatable bonds is 3. The molecule has 0 amide bonds. The summed E-state index contributed by atoms with van der Waals surface area (Å²) in [6.07, 6.45) is 8.06. The van der Waals surface area contributed by atoms with E-state index in [4.69, 9.17) is 4.74 Å². The van der Waals surface area contributed by atoms with E-state index < -0.39 is 0 Å². The zero-order chi connectivity index (χ0) is 16.2. The molecule has 23 heavy (non-hydrogen) atoms. The largest absolute Gasteiger partial charge is 0.508 e. The van der Waals surface area contributed by atoms with Gasteiger partial charge in [0.2, 0.25) is 0 Å². The van der Waals surface area contributed by atoms with Crippen LogP contribution in [0.2, 0.25) is 0 Å². The number of carbonyl (C=O) groups is 1. The van der Waals surface area contributed by atoms with Crippen molar-refractivity contribution in [1.82, 2.24) is 0 Å². The first-order valence-corrected chi connectivity index (χ1v) is 9.04. The minimum absolute atomic E-state index is 0.229. The van der Waals surface area contributed by atoms with Crippen molar-refractivity contribution in [2.75, 3.05) is 0 Å². The fourth-order valence-electron chi connectivity index (χ4n) is 4.87. The van der Waals surface area contributed by atoms with Gasteiger partial charge in [-0.1, -0.05) is 0 Å². The van der Waals surface area contributed by atoms with Crippen LogP contribution in [0.15, 0.2) is 6.07 Å². The first-order valence-electron chi connectivity index (χ1n) is 9.04. The predicted octanol–water partition coefficient (Wildman–Crippen LogP) is 4.60. The van der Waals surface area contributed by atoms with Gasteiger partial charge in [-0.15, -0.1) is 0 Å². The van der Waals surface area contributed by atoms with E-state index in [2.05, 4.69) is 6.92 Å². The van der Waals surface area contributed by atoms with E-state index in [1.807, 2.05) is 6.07 Å². The topological polar surface area (TPSA) is 46.5 Å². The van der Waals surface area contributed by atoms with Crippen LogP contribution in [0, 0.1) is 0 Å². The molecule has 5 rings (SSSR count). The highest BCUT2D eigenvalue weighted by atomic mass is 16.5. The number of hydrogen-bond donors (Lipinski definition) is 1. The number of phenolic OH excluding ortho intramolecular Hbond substituents is 1. The number of aryl methyl sites for hydroxylation is 1. The highest BCUT2D eigenvalue weighted by molar-refractivity contribution is 5.75. The Bertz CT molecular complexity index is 655. The summed E-state index contributed by atoms with van der Waals surface area (Å²) in [4.78, 5) is 11.4. The van der Waals surface area contributed by atoms with Gasteiger partial charge < -0.3 is 14.6 Å². The van der Waals surface area contributed by atoms with Gasteiger partial charge in [0.15, 0.2) is 0 Å². The molecule has 1 saturated carbocycles. The molecule has 0 saturated heterocycles. The van der Waals surface area contributed by atoms with Gasteiger partial charge in [-0.3, -0.25) is 0 Å². The highest BCUT2D eigenvalue weighted by Crippen LogP contribution is 2.57. The van der Waals surface area contributed by atoms with Crippen molar-refractivity contribution in [3.8, 4) is 11.5 Å². The first-order chi connectivity index (χ1) is 11.0. The molecule has 2 bridgehead atoms. The average Bonchev–Trinajstić information content (AvgIpc) is 2.55. The third kappa shape index (κ3) is 2.45. The molecule has 0 radical (unpaired) electrons. The molecule has 1 atom stereocenters. The number of phenols is 1. The van der Waals surface area contributed by atoms with Gasteiger partial charge in [0, 0.05) is 17.5 Å². The zero-order valence-electron chi connectivity index (χ0n) is 14.2. The Morgan fingerprint density at radius 1 is 1.26 bits per heavy atom. The number of fused-ring (bicyclic) bond motifs is 3. The van der Waals surface area contributed by atoms with Crippen LogP contribution in [0.1, 0.15) is 87.3 Å². The Morgan fingerprint density at radius 3 is 2.57 bits per heavy atom. The number of Topliss-reactive ketones (excluding diaryl/α,β-unsaturated/α-hetero) is 1. The monoisotopic (exact) mass is 314 g/mol. The maximum Gasteiger partial charge on any atom is 0.129 e. The lowest BCUT2D eigenvalue weighted by molar-refractivity contribution is -0.118. The van der Waals surface area contributed by atoms with Gasteiger partial charge in [0.05, 0.1) is 0 Å². The third-order valence-electron chi connectivity index (χ3n) is 6.23. The van der Waals surface area contributed by atoms with E-state index in [0.29, 0.717) is 24.0 Å². The van der Waals surface area contributed by atoms with Crippen LogP contribution in [-0.2, 0) is 11.2 Å². The standard InChI is InChI=1S/C20H26O3/c1-12(21)7-9-20(2)10-8-15-11-16(22)17-13-3-5-14(6-4-13)18(17)19(15)23-20/h11,13-14,22H,3-10H2,1-2H3. The molecule has 124 valence electrons. The van der Waals surface area contributed by atoms with Gasteiger partial charge in [-0.05, 0) is 82.3 Å². The Morgan fingerprint density at radius 2 is 1.91 bits per heavy atom. The summed E-state index contributed by atoms with van der Waals surface area (Å²) in [7, 11) is 0. The third-order valence-corrected chi connectivity index (χ3v) is 6.23. The molecule has 1 unspecified atom stereocenters. The highest BCUT2D eigenvalue weighted by Gasteiger charge is 2.41. The average molecular weight is 314 g/mol. The quantitative estimate of drug-likeness (QED) is 0.887. The number of ether oxygens (including phenoxy) is 1. The molecule has 3 heteroatoms. The smallest absolute Gasteiger partial charge is 0.129 e. The van der Waals surface area contributed by atoms with Crippen molar-refractivity contribution < 1.29 is 14.6 Å². The Kier molecular flexibility index (Phi) is 3.44. The van der Waals surface area contributed by atoms with E-state index in [9.17, 15) is 9.90 Å². The summed E-state index contributed by atoms with van der Waals surface area (Å²) in [5, 5.41) is 10.5. The molecule has 4 aliphatic rings. The Labute approximate surface area is 138 Å². The normalized spacial score (nSPS) is 31.2. The van der Waals surface area contributed by atoms with E-state index in [0.717, 1.165) is 30.6 Å². The predicted molar refractivity (Wildman–Crippen MR) is 89.3 cm³/mol. The van der Waals surface area contributed by atoms with E-state index in [1.165, 1.54) is 36.8 Å². The molecule has 0 spiro atoms. The molecule has 1 aromatic carbocycles. The zero-order valence-corrected chi connectivity index (χ0v) is 14.2. The fraction of sp³-hybridized carbons (Fsp3) is 0.650. The van der Waals surface area contributed by atoms with Crippen LogP contribution in [0.4, 0.5) is 0 Å². The second kappa shape index (κ2) is 5.25. The van der Waals surface area contributed by atoms with Crippen molar-refractivity contribution in [3.05, 3.63) is 22.8 Å². The minimum Gasteiger partial charge on any atom is -0.508 e. The number of aromatic hydroxyl groups is 1. The van der Waals surface area contributed by atoms with Crippen molar-refractivity contribution in [2.45, 2.75) is 82.7 Å². The molecule has 1 N–H and O–H groups in total. The molecule has 0 aromatic heterocycles. The van der Waals surface area contributed by atoms with Crippen molar-refractivity contribution in [1.29, 1.82) is 0 Å². The summed E-state index contributed by atoms with van der Waals surface area (Å²) >= 11 is 0. The second-order valence-corrected chi connectivity index (χ2v) is 8.01. The van der Waals surface area contributed by atoms with Crippen LogP contribution in [-0.4, -0.2) is 16.5 Å². The van der Waals surface area contributed by atoms with Crippen LogP contribution >= 0.6 is 0 Å². The lowest BCUT2D eigenvalue weighted by atomic mass is 9.65. The SMILES string of the molecule is CC(=O)CCC1(C)CCc2cc(O)c3c(c2O1)C1CCC3CC1. The second-order valence-electron chi connectivity index (χ2n) is 8.01. The van der Waals surface area contributed by atoms with Gasteiger partial charge in [-0.25, -0.2) is 0 Å². The van der Waals surface area contributed by atoms with Crippen LogP contribution in [0.5, 0.6) is 11.5 Å². The Hall–Kier alpha value is -1.51. The van der Waals surface area contributed by atoms with Crippen molar-refractivity contribution >= 4 is 5.78 Å². The van der Waals surface area contributed by atoms with Gasteiger partial charge >= 0.3 is 0 Å². The number of hydrogen-bond acceptors (Lipinski definition) is 3. The fourth-order valence-corrected chi connectivity index (χ4v) is 4.87. The summed E-state index contributed by atoms with van der Waals surface area (Å²) in [5.41, 5.74) is 3.38. The summed E-state index contributed by atoms with van der Waals surface area (Å²) < 4.78 is 6.51. The van der Waals surface area contributed by atoms with Gasteiger partial charge in [-0.2, -0.15) is 0 Å². The van der Waals surface area contributed by atoms with Crippen molar-refractivity contribution in [2.24, 2.45) is 0 Å². The molecule has 1 aromatic rings. The molecular weight excluding hydrogens is 288 g/mol. The summed E-state index contributed by atoms with van der Waals surface area (Å²) in [6.45, 7) is 3.79. The van der Waals surface area contributed by atoms with Gasteiger partial charge in [0.1, 0.15) is 22.9 Å². The number of carbonyl (C=O) groups excluding carboxylic acids is 1. The maximum absolute atomic E-state index is 11.4. The molecule has 1 fully saturated rings. The number of ketones is 1. The van der Waals surface area contributed by atoms with E-state index in [-0.39, 0.29) is 11.4 Å². The first kappa shape index (κ1) is 15.0. The number of benzene rings is 1. The summed E-state index contributed by atoms with van der Waals surface area (Å²) in [6, 6.07) is 1.94. The maximum atomic E-state index is 11.4. The summed E-state index contributed by atoms with van der Waals surface area (Å²) in [5.74, 6) is 2.82. The van der Waals surface area contributed by atoms with Crippen LogP contribution in [0.25, 0.3) is 0 Å². The lowest BCUT2D eigenvalue weighted by Gasteiger charge is -2.44. The molecule has 1 heterocycles. The van der Waals surface area contributed by atoms with E-state index >= 15 is 0 Å². The van der Waals surface area contributed by atoms with Crippen LogP contribution < -0.4 is 4.74 Å². The molecule has 3 aliphatic carbocycles. The van der Waals surface area contributed by atoms with Crippen LogP contribution in [0.3, 0.4) is 0 Å². The van der Waals surface area contributed by atoms with Gasteiger partial charge in [0.25, 0.3) is 0 Å².